The van der Waals surface area contributed by atoms with E-state index in [9.17, 15) is 40.7 Å². The number of rotatable bonds is 5. The molecule has 1 aliphatic heterocycles. The summed E-state index contributed by atoms with van der Waals surface area (Å²) in [7, 11) is 0. The van der Waals surface area contributed by atoms with Crippen molar-refractivity contribution >= 4 is 17.9 Å². The minimum atomic E-state index is -5.89. The second kappa shape index (κ2) is 7.67. The molecule has 1 aliphatic carbocycles. The number of hydrogen-bond acceptors (Lipinski definition) is 6. The van der Waals surface area contributed by atoms with Gasteiger partial charge in [-0.1, -0.05) is 6.92 Å². The molecule has 0 radical (unpaired) electrons. The Morgan fingerprint density at radius 3 is 2.14 bits per heavy atom. The van der Waals surface area contributed by atoms with Gasteiger partial charge in [0, 0.05) is 12.3 Å². The van der Waals surface area contributed by atoms with Crippen LogP contribution in [0.1, 0.15) is 40.0 Å². The fourth-order valence-corrected chi connectivity index (χ4v) is 3.20. The molecular weight excluding hydrogens is 414 g/mol. The Bertz CT molecular complexity index is 656. The zero-order valence-corrected chi connectivity index (χ0v) is 15.7. The largest absolute Gasteiger partial charge is 0.462 e. The van der Waals surface area contributed by atoms with Gasteiger partial charge in [0.25, 0.3) is 6.10 Å². The van der Waals surface area contributed by atoms with Gasteiger partial charge < -0.3 is 14.2 Å². The number of hydrogen-bond donors (Lipinski definition) is 0. The molecule has 0 aromatic carbocycles. The number of carbonyl (C=O) groups excluding carboxylic acids is 3. The van der Waals surface area contributed by atoms with Crippen LogP contribution in [0.3, 0.4) is 0 Å². The number of carbonyl (C=O) groups is 3. The van der Waals surface area contributed by atoms with E-state index in [-0.39, 0.29) is 12.8 Å². The van der Waals surface area contributed by atoms with Crippen LogP contribution in [0, 0.1) is 17.3 Å². The van der Waals surface area contributed by atoms with Gasteiger partial charge in [-0.2, -0.15) is 26.3 Å². The molecule has 6 nitrogen and oxygen atoms in total. The Morgan fingerprint density at radius 2 is 1.66 bits per heavy atom. The highest BCUT2D eigenvalue weighted by Gasteiger charge is 2.62. The number of ether oxygens (including phenoxy) is 3. The van der Waals surface area contributed by atoms with Gasteiger partial charge in [-0.3, -0.25) is 14.4 Å². The fourth-order valence-electron chi connectivity index (χ4n) is 3.20. The van der Waals surface area contributed by atoms with Gasteiger partial charge >= 0.3 is 30.3 Å². The van der Waals surface area contributed by atoms with E-state index >= 15 is 0 Å². The molecule has 0 aromatic rings. The molecule has 0 N–H and O–H groups in total. The predicted octanol–water partition coefficient (Wildman–Crippen LogP) is 3.32. The molecule has 12 heteroatoms. The summed E-state index contributed by atoms with van der Waals surface area (Å²) >= 11 is 0. The maximum atomic E-state index is 12.6. The molecule has 2 fully saturated rings. The molecule has 0 bridgehead atoms. The van der Waals surface area contributed by atoms with Crippen molar-refractivity contribution in [3.05, 3.63) is 0 Å². The summed E-state index contributed by atoms with van der Waals surface area (Å²) in [6.45, 7) is 5.04. The van der Waals surface area contributed by atoms with Crippen LogP contribution in [-0.4, -0.2) is 48.6 Å². The Hall–Kier alpha value is -2.01. The van der Waals surface area contributed by atoms with Crippen molar-refractivity contribution in [3.8, 4) is 0 Å². The smallest absolute Gasteiger partial charge is 0.434 e. The SMILES string of the molecule is CCC(C)(C)C(=O)OC1CC2OC(=O)C(C(=O)OC(C(F)(F)F)C(F)(F)F)C2C1. The lowest BCUT2D eigenvalue weighted by molar-refractivity contribution is -0.314. The average molecular weight is 434 g/mol. The second-order valence-electron chi connectivity index (χ2n) is 7.75. The zero-order valence-electron chi connectivity index (χ0n) is 15.7. The number of fused-ring (bicyclic) bond motifs is 1. The first-order valence-corrected chi connectivity index (χ1v) is 8.83. The standard InChI is InChI=1S/C17H20F6O6/c1-4-15(2,3)14(26)27-7-5-8-9(6-7)28-11(24)10(8)12(25)29-13(16(18,19)20)17(21,22)23/h7-10,13H,4-6H2,1-3H3. The lowest BCUT2D eigenvalue weighted by Gasteiger charge is -2.25. The number of esters is 3. The minimum Gasteiger partial charge on any atom is -0.462 e. The quantitative estimate of drug-likeness (QED) is 0.286. The molecule has 0 aromatic heterocycles. The molecule has 2 aliphatic rings. The summed E-state index contributed by atoms with van der Waals surface area (Å²) in [6.07, 6.45) is -17.5. The van der Waals surface area contributed by atoms with Crippen LogP contribution in [0.5, 0.6) is 0 Å². The second-order valence-corrected chi connectivity index (χ2v) is 7.75. The van der Waals surface area contributed by atoms with E-state index < -0.39 is 65.8 Å². The van der Waals surface area contributed by atoms with Crippen LogP contribution >= 0.6 is 0 Å². The van der Waals surface area contributed by atoms with Crippen molar-refractivity contribution in [1.82, 2.24) is 0 Å². The van der Waals surface area contributed by atoms with E-state index in [1.165, 1.54) is 0 Å². The van der Waals surface area contributed by atoms with Gasteiger partial charge in [0.05, 0.1) is 5.41 Å². The molecule has 0 amide bonds. The van der Waals surface area contributed by atoms with Crippen LogP contribution in [0.2, 0.25) is 0 Å². The molecular formula is C17H20F6O6. The average Bonchev–Trinajstić information content (AvgIpc) is 3.05. The third-order valence-corrected chi connectivity index (χ3v) is 5.25. The Morgan fingerprint density at radius 1 is 1.10 bits per heavy atom. The summed E-state index contributed by atoms with van der Waals surface area (Å²) in [5.41, 5.74) is -0.806. The fraction of sp³-hybridized carbons (Fsp3) is 0.824. The van der Waals surface area contributed by atoms with E-state index in [2.05, 4.69) is 4.74 Å². The van der Waals surface area contributed by atoms with Crippen molar-refractivity contribution in [2.45, 2.75) is 70.7 Å². The predicted molar refractivity (Wildman–Crippen MR) is 82.0 cm³/mol. The van der Waals surface area contributed by atoms with Crippen molar-refractivity contribution in [1.29, 1.82) is 0 Å². The van der Waals surface area contributed by atoms with Crippen LogP contribution in [0.25, 0.3) is 0 Å². The van der Waals surface area contributed by atoms with Gasteiger partial charge in [0.2, 0.25) is 0 Å². The molecule has 166 valence electrons. The molecule has 4 unspecified atom stereocenters. The van der Waals surface area contributed by atoms with Crippen LogP contribution in [-0.2, 0) is 28.6 Å². The first-order valence-electron chi connectivity index (χ1n) is 8.83. The highest BCUT2D eigenvalue weighted by molar-refractivity contribution is 5.97. The highest BCUT2D eigenvalue weighted by Crippen LogP contribution is 2.44. The summed E-state index contributed by atoms with van der Waals surface area (Å²) in [5, 5.41) is 0. The van der Waals surface area contributed by atoms with Gasteiger partial charge in [0.1, 0.15) is 12.2 Å². The van der Waals surface area contributed by atoms with Crippen LogP contribution in [0.15, 0.2) is 0 Å². The summed E-state index contributed by atoms with van der Waals surface area (Å²) < 4.78 is 89.5. The molecule has 0 spiro atoms. The molecule has 1 saturated heterocycles. The van der Waals surface area contributed by atoms with Crippen LogP contribution in [0.4, 0.5) is 26.3 Å². The molecule has 2 rings (SSSR count). The lowest BCUT2D eigenvalue weighted by Crippen LogP contribution is -2.47. The molecule has 1 heterocycles. The number of alkyl halides is 6. The minimum absolute atomic E-state index is 0.00626. The Balaban J connectivity index is 2.10. The monoisotopic (exact) mass is 434 g/mol. The van der Waals surface area contributed by atoms with Gasteiger partial charge in [-0.25, -0.2) is 0 Å². The van der Waals surface area contributed by atoms with E-state index in [0.29, 0.717) is 6.42 Å². The Kier molecular flexibility index (Phi) is 6.16. The van der Waals surface area contributed by atoms with Gasteiger partial charge in [-0.05, 0) is 26.7 Å². The van der Waals surface area contributed by atoms with Crippen molar-refractivity contribution in [2.24, 2.45) is 17.3 Å². The molecule has 4 atom stereocenters. The lowest BCUT2D eigenvalue weighted by atomic mass is 9.90. The van der Waals surface area contributed by atoms with Gasteiger partial charge in [0.15, 0.2) is 5.92 Å². The van der Waals surface area contributed by atoms with E-state index in [4.69, 9.17) is 9.47 Å². The zero-order chi connectivity index (χ0) is 22.4. The van der Waals surface area contributed by atoms with E-state index in [1.807, 2.05) is 0 Å². The first-order chi connectivity index (χ1) is 13.1. The van der Waals surface area contributed by atoms with Crippen molar-refractivity contribution in [2.75, 3.05) is 0 Å². The Labute approximate surface area is 161 Å². The maximum Gasteiger partial charge on any atom is 0.434 e. The summed E-state index contributed by atoms with van der Waals surface area (Å²) in [5.74, 6) is -6.77. The first kappa shape index (κ1) is 23.3. The third kappa shape index (κ3) is 4.95. The third-order valence-electron chi connectivity index (χ3n) is 5.25. The topological polar surface area (TPSA) is 78.9 Å². The van der Waals surface area contributed by atoms with Crippen molar-refractivity contribution in [3.63, 3.8) is 0 Å². The van der Waals surface area contributed by atoms with Crippen molar-refractivity contribution < 1.29 is 54.9 Å². The summed E-state index contributed by atoms with van der Waals surface area (Å²) in [4.78, 5) is 36.0. The number of halogens is 6. The van der Waals surface area contributed by atoms with E-state index in [0.717, 1.165) is 0 Å². The highest BCUT2D eigenvalue weighted by atomic mass is 19.4. The molecule has 29 heavy (non-hydrogen) atoms. The normalized spacial score (nSPS) is 27.6. The molecule has 1 saturated carbocycles. The summed E-state index contributed by atoms with van der Waals surface area (Å²) in [6, 6.07) is 0. The van der Waals surface area contributed by atoms with Crippen LogP contribution < -0.4 is 0 Å². The van der Waals surface area contributed by atoms with Gasteiger partial charge in [-0.15, -0.1) is 0 Å². The van der Waals surface area contributed by atoms with E-state index in [1.54, 1.807) is 20.8 Å². The maximum absolute atomic E-state index is 12.6.